The molecule has 0 saturated heterocycles. The Bertz CT molecular complexity index is 989. The summed E-state index contributed by atoms with van der Waals surface area (Å²) < 4.78 is 5.98. The first kappa shape index (κ1) is 17.2. The number of hydrogen-bond acceptors (Lipinski definition) is 5. The van der Waals surface area contributed by atoms with Crippen molar-refractivity contribution in [2.75, 3.05) is 0 Å². The van der Waals surface area contributed by atoms with Crippen LogP contribution in [0, 0.1) is 18.3 Å². The van der Waals surface area contributed by atoms with Gasteiger partial charge in [0.2, 0.25) is 5.88 Å². The third-order valence-electron chi connectivity index (χ3n) is 4.84. The summed E-state index contributed by atoms with van der Waals surface area (Å²) in [5, 5.41) is 8.90. The maximum Gasteiger partial charge on any atom is 0.214 e. The number of benzene rings is 1. The summed E-state index contributed by atoms with van der Waals surface area (Å²) >= 11 is 0. The molecule has 0 amide bonds. The van der Waals surface area contributed by atoms with Crippen LogP contribution in [0.15, 0.2) is 42.7 Å². The van der Waals surface area contributed by atoms with E-state index in [1.54, 1.807) is 12.1 Å². The van der Waals surface area contributed by atoms with E-state index in [0.717, 1.165) is 47.5 Å². The van der Waals surface area contributed by atoms with Gasteiger partial charge in [0.1, 0.15) is 12.4 Å². The van der Waals surface area contributed by atoms with E-state index in [2.05, 4.69) is 16.0 Å². The summed E-state index contributed by atoms with van der Waals surface area (Å²) in [6.07, 6.45) is 8.08. The van der Waals surface area contributed by atoms with E-state index in [9.17, 15) is 0 Å². The van der Waals surface area contributed by atoms with Crippen LogP contribution in [0.1, 0.15) is 41.1 Å². The summed E-state index contributed by atoms with van der Waals surface area (Å²) in [6, 6.07) is 11.5. The average Bonchev–Trinajstić information content (AvgIpc) is 2.72. The third kappa shape index (κ3) is 3.80. The summed E-state index contributed by atoms with van der Waals surface area (Å²) in [7, 11) is 0. The molecule has 1 aliphatic carbocycles. The van der Waals surface area contributed by atoms with Crippen LogP contribution in [0.25, 0.3) is 11.1 Å². The molecule has 0 fully saturated rings. The number of aromatic nitrogens is 3. The first-order chi connectivity index (χ1) is 13.2. The second-order valence-corrected chi connectivity index (χ2v) is 6.76. The second-order valence-electron chi connectivity index (χ2n) is 6.76. The van der Waals surface area contributed by atoms with Crippen LogP contribution in [0.3, 0.4) is 0 Å². The summed E-state index contributed by atoms with van der Waals surface area (Å²) in [5.41, 5.74) is 6.19. The molecule has 27 heavy (non-hydrogen) atoms. The quantitative estimate of drug-likeness (QED) is 0.701. The Morgan fingerprint density at radius 2 is 1.81 bits per heavy atom. The average molecular weight is 356 g/mol. The molecule has 0 unspecified atom stereocenters. The van der Waals surface area contributed by atoms with Gasteiger partial charge in [-0.25, -0.2) is 15.0 Å². The lowest BCUT2D eigenvalue weighted by Crippen LogP contribution is -2.09. The van der Waals surface area contributed by atoms with Gasteiger partial charge in [0.25, 0.3) is 0 Å². The first-order valence-corrected chi connectivity index (χ1v) is 9.16. The molecule has 4 rings (SSSR count). The molecule has 2 aromatic heterocycles. The minimum absolute atomic E-state index is 0.418. The lowest BCUT2D eigenvalue weighted by atomic mass is 9.90. The number of fused-ring (bicyclic) bond motifs is 1. The molecule has 134 valence electrons. The highest BCUT2D eigenvalue weighted by atomic mass is 16.5. The van der Waals surface area contributed by atoms with E-state index in [1.807, 2.05) is 37.5 Å². The highest BCUT2D eigenvalue weighted by Crippen LogP contribution is 2.33. The number of ether oxygens (including phenoxy) is 1. The van der Waals surface area contributed by atoms with Crippen LogP contribution in [-0.2, 0) is 19.4 Å². The van der Waals surface area contributed by atoms with Crippen molar-refractivity contribution in [1.82, 2.24) is 15.0 Å². The third-order valence-corrected chi connectivity index (χ3v) is 4.84. The number of nitriles is 1. The summed E-state index contributed by atoms with van der Waals surface area (Å²) in [5.74, 6) is 1.38. The Morgan fingerprint density at radius 3 is 2.56 bits per heavy atom. The van der Waals surface area contributed by atoms with Crippen LogP contribution in [0.4, 0.5) is 0 Å². The molecule has 0 saturated carbocycles. The Morgan fingerprint density at radius 1 is 1.07 bits per heavy atom. The Kier molecular flexibility index (Phi) is 4.80. The fourth-order valence-electron chi connectivity index (χ4n) is 3.37. The van der Waals surface area contributed by atoms with Gasteiger partial charge in [0.15, 0.2) is 0 Å². The summed E-state index contributed by atoms with van der Waals surface area (Å²) in [4.78, 5) is 13.4. The van der Waals surface area contributed by atoms with Crippen LogP contribution < -0.4 is 4.74 Å². The van der Waals surface area contributed by atoms with Gasteiger partial charge in [-0.05, 0) is 61.4 Å². The van der Waals surface area contributed by atoms with E-state index >= 15 is 0 Å². The van der Waals surface area contributed by atoms with Gasteiger partial charge in [0.05, 0.1) is 11.6 Å². The zero-order valence-corrected chi connectivity index (χ0v) is 15.3. The monoisotopic (exact) mass is 356 g/mol. The van der Waals surface area contributed by atoms with Crippen molar-refractivity contribution < 1.29 is 4.74 Å². The molecule has 0 radical (unpaired) electrons. The van der Waals surface area contributed by atoms with E-state index in [0.29, 0.717) is 18.1 Å². The number of rotatable bonds is 4. The number of pyridine rings is 1. The highest BCUT2D eigenvalue weighted by molar-refractivity contribution is 5.68. The van der Waals surface area contributed by atoms with Crippen molar-refractivity contribution >= 4 is 0 Å². The minimum Gasteiger partial charge on any atom is -0.473 e. The maximum atomic E-state index is 8.90. The maximum absolute atomic E-state index is 8.90. The molecular weight excluding hydrogens is 336 g/mol. The smallest absolute Gasteiger partial charge is 0.214 e. The largest absolute Gasteiger partial charge is 0.473 e. The molecule has 0 bridgehead atoms. The van der Waals surface area contributed by atoms with E-state index < -0.39 is 0 Å². The van der Waals surface area contributed by atoms with Gasteiger partial charge in [-0.3, -0.25) is 0 Å². The zero-order chi connectivity index (χ0) is 18.6. The zero-order valence-electron chi connectivity index (χ0n) is 15.3. The van der Waals surface area contributed by atoms with Gasteiger partial charge < -0.3 is 4.74 Å². The molecular formula is C22H20N4O. The lowest BCUT2D eigenvalue weighted by molar-refractivity contribution is 0.292. The molecule has 1 aromatic carbocycles. The normalized spacial score (nSPS) is 12.9. The van der Waals surface area contributed by atoms with Crippen molar-refractivity contribution in [3.05, 3.63) is 70.9 Å². The van der Waals surface area contributed by atoms with Gasteiger partial charge in [-0.1, -0.05) is 12.1 Å². The number of aryl methyl sites for hydroxylation is 2. The Hall–Kier alpha value is -3.26. The molecule has 0 spiro atoms. The van der Waals surface area contributed by atoms with Crippen LogP contribution in [-0.4, -0.2) is 15.0 Å². The Labute approximate surface area is 158 Å². The molecule has 1 aliphatic rings. The second kappa shape index (κ2) is 7.55. The van der Waals surface area contributed by atoms with Crippen molar-refractivity contribution in [3.63, 3.8) is 0 Å². The summed E-state index contributed by atoms with van der Waals surface area (Å²) in [6.45, 7) is 2.30. The highest BCUT2D eigenvalue weighted by Gasteiger charge is 2.18. The standard InChI is InChI=1S/C22H20N4O/c1-15-24-12-18(13-25-15)20-10-22(26-21-5-3-2-4-19(20)21)27-14-17-8-6-16(11-23)7-9-17/h6-10,12-13H,2-5,14H2,1H3. The molecule has 0 atom stereocenters. The topological polar surface area (TPSA) is 71.7 Å². The van der Waals surface area contributed by atoms with Gasteiger partial charge in [-0.15, -0.1) is 0 Å². The fraction of sp³-hybridized carbons (Fsp3) is 0.273. The molecule has 3 aromatic rings. The lowest BCUT2D eigenvalue weighted by Gasteiger charge is -2.20. The van der Waals surface area contributed by atoms with Crippen molar-refractivity contribution in [2.45, 2.75) is 39.2 Å². The first-order valence-electron chi connectivity index (χ1n) is 9.16. The Balaban J connectivity index is 1.63. The van der Waals surface area contributed by atoms with Crippen molar-refractivity contribution in [3.8, 4) is 23.1 Å². The van der Waals surface area contributed by atoms with Crippen LogP contribution >= 0.6 is 0 Å². The molecule has 2 heterocycles. The molecule has 5 heteroatoms. The van der Waals surface area contributed by atoms with Crippen molar-refractivity contribution in [2.24, 2.45) is 0 Å². The predicted molar refractivity (Wildman–Crippen MR) is 102 cm³/mol. The van der Waals surface area contributed by atoms with Gasteiger partial charge >= 0.3 is 0 Å². The van der Waals surface area contributed by atoms with Crippen molar-refractivity contribution in [1.29, 1.82) is 5.26 Å². The molecule has 5 nitrogen and oxygen atoms in total. The van der Waals surface area contributed by atoms with E-state index in [1.165, 1.54) is 12.0 Å². The predicted octanol–water partition coefficient (Wildman–Crippen LogP) is 4.18. The number of nitrogens with zero attached hydrogens (tertiary/aromatic N) is 4. The van der Waals surface area contributed by atoms with Gasteiger partial charge in [0, 0.05) is 29.7 Å². The van der Waals surface area contributed by atoms with E-state index in [4.69, 9.17) is 15.0 Å². The number of hydrogen-bond donors (Lipinski definition) is 0. The molecule has 0 aliphatic heterocycles. The van der Waals surface area contributed by atoms with Gasteiger partial charge in [-0.2, -0.15) is 5.26 Å². The van der Waals surface area contributed by atoms with Crippen LogP contribution in [0.5, 0.6) is 5.88 Å². The minimum atomic E-state index is 0.418. The van der Waals surface area contributed by atoms with Crippen LogP contribution in [0.2, 0.25) is 0 Å². The fourth-order valence-corrected chi connectivity index (χ4v) is 3.37. The van der Waals surface area contributed by atoms with E-state index in [-0.39, 0.29) is 0 Å². The SMILES string of the molecule is Cc1ncc(-c2cc(OCc3ccc(C#N)cc3)nc3c2CCCC3)cn1. The molecule has 0 N–H and O–H groups in total.